The minimum atomic E-state index is -4.90. The van der Waals surface area contributed by atoms with Crippen LogP contribution in [0.25, 0.3) is 10.6 Å². The Labute approximate surface area is 181 Å². The minimum Gasteiger partial charge on any atom is -0.492 e. The van der Waals surface area contributed by atoms with E-state index in [-0.39, 0.29) is 5.95 Å². The van der Waals surface area contributed by atoms with Crippen LogP contribution < -0.4 is 9.80 Å². The number of rotatable bonds is 9. The molecule has 0 saturated carbocycles. The Morgan fingerprint density at radius 1 is 1.16 bits per heavy atom. The fraction of sp³-hybridized carbons (Fsp3) is 0.105. The summed E-state index contributed by atoms with van der Waals surface area (Å²) >= 11 is 1.49. The van der Waals surface area contributed by atoms with Crippen molar-refractivity contribution < 1.29 is 23.7 Å². The fourth-order valence-electron chi connectivity index (χ4n) is 2.70. The Kier molecular flexibility index (Phi) is 6.40. The molecular formula is C19H18N5O5PS. The summed E-state index contributed by atoms with van der Waals surface area (Å²) in [5.74, 6) is 0.469. The van der Waals surface area contributed by atoms with Crippen molar-refractivity contribution in [1.82, 2.24) is 19.5 Å². The highest BCUT2D eigenvalue weighted by Gasteiger charge is 2.25. The molecule has 4 aromatic rings. The SMILES string of the molecule is O=P(O)(O)ON(c1cccc(OCCn2ccnc2)c1)c1nccc(-c2cccs2)n1. The van der Waals surface area contributed by atoms with E-state index in [1.165, 1.54) is 17.5 Å². The van der Waals surface area contributed by atoms with Gasteiger partial charge in [0.05, 0.1) is 29.1 Å². The van der Waals surface area contributed by atoms with E-state index >= 15 is 0 Å². The molecule has 160 valence electrons. The molecule has 1 aromatic carbocycles. The second-order valence-corrected chi connectivity index (χ2v) is 8.32. The summed E-state index contributed by atoms with van der Waals surface area (Å²) < 4.78 is 24.2. The third kappa shape index (κ3) is 5.75. The lowest BCUT2D eigenvalue weighted by atomic mass is 10.3. The standard InChI is InChI=1S/C19H18N5O5PS/c25-30(26,27)29-24(19-21-7-6-17(22-19)18-5-2-12-31-18)15-3-1-4-16(13-15)28-11-10-23-9-8-20-14-23/h1-9,12-14H,10-11H2,(H2,25,26,27). The number of nitrogens with zero attached hydrogens (tertiary/aromatic N) is 5. The summed E-state index contributed by atoms with van der Waals surface area (Å²) in [7, 11) is -4.90. The molecule has 0 unspecified atom stereocenters. The van der Waals surface area contributed by atoms with Gasteiger partial charge in [-0.05, 0) is 29.6 Å². The quantitative estimate of drug-likeness (QED) is 0.285. The van der Waals surface area contributed by atoms with Gasteiger partial charge in [0.1, 0.15) is 12.4 Å². The van der Waals surface area contributed by atoms with Crippen LogP contribution in [0.1, 0.15) is 0 Å². The molecule has 4 rings (SSSR count). The van der Waals surface area contributed by atoms with Gasteiger partial charge in [-0.3, -0.25) is 0 Å². The predicted molar refractivity (Wildman–Crippen MR) is 115 cm³/mol. The van der Waals surface area contributed by atoms with Crippen molar-refractivity contribution >= 4 is 30.8 Å². The lowest BCUT2D eigenvalue weighted by Gasteiger charge is -2.22. The number of hydrogen-bond donors (Lipinski definition) is 2. The van der Waals surface area contributed by atoms with Gasteiger partial charge in [0.15, 0.2) is 0 Å². The zero-order chi connectivity index (χ0) is 21.7. The van der Waals surface area contributed by atoms with Crippen LogP contribution in [0.5, 0.6) is 5.75 Å². The topological polar surface area (TPSA) is 123 Å². The maximum Gasteiger partial charge on any atom is 0.491 e. The highest BCUT2D eigenvalue weighted by atomic mass is 32.1. The highest BCUT2D eigenvalue weighted by molar-refractivity contribution is 7.46. The van der Waals surface area contributed by atoms with Crippen LogP contribution >= 0.6 is 19.2 Å². The van der Waals surface area contributed by atoms with Crippen LogP contribution in [0.3, 0.4) is 0 Å². The number of imidazole rings is 1. The van der Waals surface area contributed by atoms with E-state index in [1.54, 1.807) is 42.9 Å². The monoisotopic (exact) mass is 459 g/mol. The Hall–Kier alpha value is -3.08. The van der Waals surface area contributed by atoms with Gasteiger partial charge in [-0.15, -0.1) is 11.3 Å². The van der Waals surface area contributed by atoms with Crippen molar-refractivity contribution in [2.45, 2.75) is 6.54 Å². The average molecular weight is 459 g/mol. The van der Waals surface area contributed by atoms with E-state index in [9.17, 15) is 14.4 Å². The van der Waals surface area contributed by atoms with Crippen molar-refractivity contribution in [1.29, 1.82) is 0 Å². The first-order chi connectivity index (χ1) is 15.0. The summed E-state index contributed by atoms with van der Waals surface area (Å²) in [4.78, 5) is 32.3. The number of phosphoric acid groups is 1. The number of aromatic nitrogens is 4. The van der Waals surface area contributed by atoms with E-state index in [0.29, 0.717) is 30.3 Å². The molecule has 0 bridgehead atoms. The zero-order valence-corrected chi connectivity index (χ0v) is 17.8. The summed E-state index contributed by atoms with van der Waals surface area (Å²) in [6, 6.07) is 12.1. The Morgan fingerprint density at radius 2 is 2.06 bits per heavy atom. The smallest absolute Gasteiger partial charge is 0.491 e. The largest absolute Gasteiger partial charge is 0.492 e. The third-order valence-electron chi connectivity index (χ3n) is 4.02. The van der Waals surface area contributed by atoms with Gasteiger partial charge in [-0.2, -0.15) is 9.69 Å². The molecule has 3 aromatic heterocycles. The van der Waals surface area contributed by atoms with E-state index in [1.807, 2.05) is 28.3 Å². The predicted octanol–water partition coefficient (Wildman–Crippen LogP) is 3.64. The van der Waals surface area contributed by atoms with Crippen LogP contribution in [0.4, 0.5) is 11.6 Å². The van der Waals surface area contributed by atoms with Crippen molar-refractivity contribution in [2.75, 3.05) is 11.7 Å². The van der Waals surface area contributed by atoms with Gasteiger partial charge >= 0.3 is 7.82 Å². The van der Waals surface area contributed by atoms with E-state index in [0.717, 1.165) is 9.94 Å². The van der Waals surface area contributed by atoms with Gasteiger partial charge in [0.2, 0.25) is 0 Å². The van der Waals surface area contributed by atoms with Gasteiger partial charge in [-0.1, -0.05) is 12.1 Å². The number of hydrogen-bond acceptors (Lipinski definition) is 8. The fourth-order valence-corrected chi connectivity index (χ4v) is 3.78. The van der Waals surface area contributed by atoms with Crippen molar-refractivity contribution in [3.05, 3.63) is 72.8 Å². The van der Waals surface area contributed by atoms with Crippen LogP contribution in [0.15, 0.2) is 72.8 Å². The average Bonchev–Trinajstić information content (AvgIpc) is 3.46. The van der Waals surface area contributed by atoms with Crippen molar-refractivity contribution in [3.8, 4) is 16.3 Å². The van der Waals surface area contributed by atoms with Crippen LogP contribution in [-0.4, -0.2) is 35.9 Å². The first-order valence-corrected chi connectivity index (χ1v) is 11.5. The highest BCUT2D eigenvalue weighted by Crippen LogP contribution is 2.42. The first kappa shape index (κ1) is 21.2. The molecule has 0 saturated heterocycles. The molecule has 10 nitrogen and oxygen atoms in total. The molecule has 0 amide bonds. The molecule has 31 heavy (non-hydrogen) atoms. The third-order valence-corrected chi connectivity index (χ3v) is 5.28. The summed E-state index contributed by atoms with van der Waals surface area (Å²) in [5, 5.41) is 2.81. The summed E-state index contributed by atoms with van der Waals surface area (Å²) in [6.07, 6.45) is 6.70. The first-order valence-electron chi connectivity index (χ1n) is 9.09. The molecule has 2 N–H and O–H groups in total. The Morgan fingerprint density at radius 3 is 2.81 bits per heavy atom. The number of thiophene rings is 1. The summed E-state index contributed by atoms with van der Waals surface area (Å²) in [5.41, 5.74) is 0.902. The molecular weight excluding hydrogens is 441 g/mol. The molecule has 0 aliphatic rings. The van der Waals surface area contributed by atoms with Crippen LogP contribution in [-0.2, 0) is 15.7 Å². The lowest BCUT2D eigenvalue weighted by Crippen LogP contribution is -2.19. The second kappa shape index (κ2) is 9.38. The Balaban J connectivity index is 1.59. The van der Waals surface area contributed by atoms with Crippen molar-refractivity contribution in [2.24, 2.45) is 0 Å². The van der Waals surface area contributed by atoms with Gasteiger partial charge in [-0.25, -0.2) is 19.5 Å². The van der Waals surface area contributed by atoms with Gasteiger partial charge < -0.3 is 19.1 Å². The van der Waals surface area contributed by atoms with Gasteiger partial charge in [0, 0.05) is 24.7 Å². The number of ether oxygens (including phenoxy) is 1. The van der Waals surface area contributed by atoms with Crippen LogP contribution in [0.2, 0.25) is 0 Å². The lowest BCUT2D eigenvalue weighted by molar-refractivity contribution is 0.196. The molecule has 0 fully saturated rings. The molecule has 0 aliphatic carbocycles. The molecule has 12 heteroatoms. The minimum absolute atomic E-state index is 0.0233. The molecule has 0 radical (unpaired) electrons. The maximum absolute atomic E-state index is 11.6. The molecule has 3 heterocycles. The number of benzene rings is 1. The normalized spacial score (nSPS) is 11.4. The van der Waals surface area contributed by atoms with Crippen molar-refractivity contribution in [3.63, 3.8) is 0 Å². The van der Waals surface area contributed by atoms with E-state index in [4.69, 9.17) is 9.36 Å². The Bertz CT molecular complexity index is 1170. The maximum atomic E-state index is 11.6. The van der Waals surface area contributed by atoms with E-state index < -0.39 is 7.82 Å². The zero-order valence-electron chi connectivity index (χ0n) is 16.1. The molecule has 0 spiro atoms. The summed E-state index contributed by atoms with van der Waals surface area (Å²) in [6.45, 7) is 0.975. The van der Waals surface area contributed by atoms with E-state index in [2.05, 4.69) is 15.0 Å². The van der Waals surface area contributed by atoms with Crippen LogP contribution in [0, 0.1) is 0 Å². The van der Waals surface area contributed by atoms with Gasteiger partial charge in [0.25, 0.3) is 5.95 Å². The second-order valence-electron chi connectivity index (χ2n) is 6.23. The molecule has 0 aliphatic heterocycles. The number of anilines is 2. The molecule has 0 atom stereocenters.